The third-order valence-corrected chi connectivity index (χ3v) is 6.02. The van der Waals surface area contributed by atoms with Crippen LogP contribution in [0.25, 0.3) is 0 Å². The number of hydrogen-bond donors (Lipinski definition) is 0. The fraction of sp³-hybridized carbons (Fsp3) is 0.190. The second kappa shape index (κ2) is 4.62. The van der Waals surface area contributed by atoms with Crippen molar-refractivity contribution < 1.29 is 4.48 Å². The number of nitrogens with zero attached hydrogens (tertiary/aromatic N) is 4. The zero-order valence-corrected chi connectivity index (χ0v) is 14.2. The Balaban J connectivity index is 1.67. The summed E-state index contributed by atoms with van der Waals surface area (Å²) in [5.41, 5.74) is 3.46. The highest BCUT2D eigenvalue weighted by Crippen LogP contribution is 2.63. The Kier molecular flexibility index (Phi) is 2.54. The predicted octanol–water partition coefficient (Wildman–Crippen LogP) is 4.50. The largest absolute Gasteiger partial charge is 0.315 e. The van der Waals surface area contributed by atoms with Crippen LogP contribution in [0.4, 0.5) is 27.4 Å². The maximum Gasteiger partial charge on any atom is 0.158 e. The van der Waals surface area contributed by atoms with Crippen LogP contribution in [0.1, 0.15) is 12.5 Å². The molecular formula is C21H17FN4. The lowest BCUT2D eigenvalue weighted by Gasteiger charge is -2.41. The van der Waals surface area contributed by atoms with Crippen molar-refractivity contribution in [1.82, 2.24) is 10.1 Å². The third kappa shape index (κ3) is 1.47. The SMILES string of the molecule is CC1N(F)C12c1cccc(c1)N1c3cccnc3N(c3ccccc3)C12. The summed E-state index contributed by atoms with van der Waals surface area (Å²) in [7, 11) is 0. The molecule has 1 spiro atoms. The van der Waals surface area contributed by atoms with Gasteiger partial charge < -0.3 is 9.80 Å². The van der Waals surface area contributed by atoms with E-state index in [-0.39, 0.29) is 12.2 Å². The molecule has 2 aromatic carbocycles. The first-order chi connectivity index (χ1) is 12.7. The first-order valence-electron chi connectivity index (χ1n) is 8.89. The summed E-state index contributed by atoms with van der Waals surface area (Å²) >= 11 is 0. The number of fused-ring (bicyclic) bond motifs is 8. The molecule has 0 saturated carbocycles. The minimum absolute atomic E-state index is 0.189. The van der Waals surface area contributed by atoms with Crippen molar-refractivity contribution >= 4 is 22.9 Å². The van der Waals surface area contributed by atoms with Crippen LogP contribution in [0.5, 0.6) is 0 Å². The summed E-state index contributed by atoms with van der Waals surface area (Å²) in [5, 5.41) is 0.991. The second-order valence-electron chi connectivity index (χ2n) is 7.16. The van der Waals surface area contributed by atoms with Crippen molar-refractivity contribution in [2.75, 3.05) is 9.80 Å². The van der Waals surface area contributed by atoms with Crippen molar-refractivity contribution in [3.63, 3.8) is 0 Å². The molecule has 128 valence electrons. The molecule has 1 saturated heterocycles. The summed E-state index contributed by atoms with van der Waals surface area (Å²) in [6.07, 6.45) is 1.60. The molecule has 4 atom stereocenters. The van der Waals surface area contributed by atoms with E-state index in [2.05, 4.69) is 45.1 Å². The van der Waals surface area contributed by atoms with E-state index in [4.69, 9.17) is 0 Å². The van der Waals surface area contributed by atoms with Gasteiger partial charge in [0.1, 0.15) is 11.7 Å². The molecular weight excluding hydrogens is 327 g/mol. The van der Waals surface area contributed by atoms with Crippen LogP contribution in [-0.4, -0.2) is 22.3 Å². The Bertz CT molecular complexity index is 998. The highest BCUT2D eigenvalue weighted by atomic mass is 19.2. The van der Waals surface area contributed by atoms with Crippen molar-refractivity contribution in [3.8, 4) is 0 Å². The highest BCUT2D eigenvalue weighted by molar-refractivity contribution is 5.88. The number of aromatic nitrogens is 1. The van der Waals surface area contributed by atoms with Gasteiger partial charge in [-0.2, -0.15) is 0 Å². The fourth-order valence-electron chi connectivity index (χ4n) is 4.80. The van der Waals surface area contributed by atoms with Crippen LogP contribution in [0.15, 0.2) is 72.9 Å². The molecule has 5 heteroatoms. The number of anilines is 4. The number of pyridine rings is 1. The summed E-state index contributed by atoms with van der Waals surface area (Å²) < 4.78 is 15.0. The summed E-state index contributed by atoms with van der Waals surface area (Å²) in [6, 6.07) is 22.2. The lowest BCUT2D eigenvalue weighted by atomic mass is 9.87. The van der Waals surface area contributed by atoms with Crippen LogP contribution in [-0.2, 0) is 5.54 Å². The average molecular weight is 344 g/mol. The third-order valence-electron chi connectivity index (χ3n) is 6.02. The van der Waals surface area contributed by atoms with Crippen LogP contribution in [0, 0.1) is 0 Å². The van der Waals surface area contributed by atoms with E-state index < -0.39 is 5.54 Å². The van der Waals surface area contributed by atoms with E-state index in [9.17, 15) is 0 Å². The number of halogens is 1. The van der Waals surface area contributed by atoms with Crippen LogP contribution < -0.4 is 9.80 Å². The maximum atomic E-state index is 15.0. The molecule has 0 radical (unpaired) electrons. The molecule has 0 amide bonds. The van der Waals surface area contributed by atoms with Crippen LogP contribution in [0.3, 0.4) is 0 Å². The molecule has 4 heterocycles. The van der Waals surface area contributed by atoms with E-state index in [0.29, 0.717) is 0 Å². The Morgan fingerprint density at radius 2 is 1.69 bits per heavy atom. The van der Waals surface area contributed by atoms with Gasteiger partial charge in [0.05, 0.1) is 11.7 Å². The predicted molar refractivity (Wildman–Crippen MR) is 99.3 cm³/mol. The molecule has 26 heavy (non-hydrogen) atoms. The van der Waals surface area contributed by atoms with Crippen molar-refractivity contribution in [2.24, 2.45) is 0 Å². The van der Waals surface area contributed by atoms with Crippen LogP contribution >= 0.6 is 0 Å². The van der Waals surface area contributed by atoms with Gasteiger partial charge >= 0.3 is 0 Å². The molecule has 3 aliphatic rings. The zero-order valence-electron chi connectivity index (χ0n) is 14.2. The number of rotatable bonds is 1. The molecule has 0 aliphatic carbocycles. The van der Waals surface area contributed by atoms with E-state index in [0.717, 1.165) is 33.6 Å². The number of para-hydroxylation sites is 1. The van der Waals surface area contributed by atoms with Gasteiger partial charge in [-0.05, 0) is 48.9 Å². The Hall–Kier alpha value is -2.92. The normalized spacial score (nSPS) is 30.3. The first-order valence-corrected chi connectivity index (χ1v) is 8.89. The Labute approximate surface area is 151 Å². The van der Waals surface area contributed by atoms with Gasteiger partial charge in [-0.1, -0.05) is 30.3 Å². The average Bonchev–Trinajstić information content (AvgIpc) is 3.07. The van der Waals surface area contributed by atoms with Gasteiger partial charge in [0, 0.05) is 17.6 Å². The van der Waals surface area contributed by atoms with E-state index >= 15 is 4.48 Å². The Morgan fingerprint density at radius 3 is 2.46 bits per heavy atom. The number of hydrogen-bond acceptors (Lipinski definition) is 4. The van der Waals surface area contributed by atoms with Gasteiger partial charge in [0.25, 0.3) is 0 Å². The molecule has 6 rings (SSSR count). The molecule has 2 bridgehead atoms. The van der Waals surface area contributed by atoms with E-state index in [1.54, 1.807) is 6.20 Å². The van der Waals surface area contributed by atoms with Crippen LogP contribution in [0.2, 0.25) is 0 Å². The number of benzene rings is 2. The molecule has 1 aromatic heterocycles. The minimum Gasteiger partial charge on any atom is -0.315 e. The fourth-order valence-corrected chi connectivity index (χ4v) is 4.80. The highest BCUT2D eigenvalue weighted by Gasteiger charge is 2.73. The molecule has 4 nitrogen and oxygen atoms in total. The molecule has 1 fully saturated rings. The van der Waals surface area contributed by atoms with Crippen molar-refractivity contribution in [3.05, 3.63) is 78.5 Å². The minimum atomic E-state index is -0.690. The molecule has 0 N–H and O–H groups in total. The van der Waals surface area contributed by atoms with Gasteiger partial charge in [-0.25, -0.2) is 4.98 Å². The van der Waals surface area contributed by atoms with Gasteiger partial charge in [0.15, 0.2) is 5.82 Å². The Morgan fingerprint density at radius 1 is 0.923 bits per heavy atom. The van der Waals surface area contributed by atoms with Gasteiger partial charge in [-0.3, -0.25) is 0 Å². The quantitative estimate of drug-likeness (QED) is 0.479. The summed E-state index contributed by atoms with van der Waals surface area (Å²) in [6.45, 7) is 1.95. The topological polar surface area (TPSA) is 22.4 Å². The molecule has 3 aliphatic heterocycles. The summed E-state index contributed by atoms with van der Waals surface area (Å²) in [4.78, 5) is 9.09. The van der Waals surface area contributed by atoms with Gasteiger partial charge in [-0.15, -0.1) is 9.60 Å². The molecule has 4 unspecified atom stereocenters. The second-order valence-corrected chi connectivity index (χ2v) is 7.16. The van der Waals surface area contributed by atoms with Crippen molar-refractivity contribution in [1.29, 1.82) is 0 Å². The lowest BCUT2D eigenvalue weighted by Crippen LogP contribution is -2.52. The van der Waals surface area contributed by atoms with E-state index in [1.165, 1.54) is 0 Å². The van der Waals surface area contributed by atoms with Crippen molar-refractivity contribution in [2.45, 2.75) is 24.7 Å². The lowest BCUT2D eigenvalue weighted by molar-refractivity contribution is 0.109. The monoisotopic (exact) mass is 344 g/mol. The maximum absolute atomic E-state index is 15.0. The molecule has 3 aromatic rings. The first kappa shape index (κ1) is 14.3. The smallest absolute Gasteiger partial charge is 0.158 e. The zero-order chi connectivity index (χ0) is 17.5. The van der Waals surface area contributed by atoms with E-state index in [1.807, 2.05) is 43.3 Å². The standard InChI is InChI=1S/C21H17FN4/c1-14-21(26(14)22)15-7-5-10-17(13-15)24-18-11-6-12-23-19(18)25(20(21)24)16-8-3-2-4-9-16/h2-14,20H,1H3. The van der Waals surface area contributed by atoms with Gasteiger partial charge in [0.2, 0.25) is 0 Å². The summed E-state index contributed by atoms with van der Waals surface area (Å²) in [5.74, 6) is 0.873.